The van der Waals surface area contributed by atoms with Crippen LogP contribution < -0.4 is 19.6 Å². The van der Waals surface area contributed by atoms with Crippen LogP contribution in [0.4, 0.5) is 0 Å². The van der Waals surface area contributed by atoms with Crippen LogP contribution in [0.5, 0.6) is 28.7 Å². The molecule has 6 rings (SSSR count). The molecule has 2 heterocycles. The van der Waals surface area contributed by atoms with Crippen molar-refractivity contribution < 1.29 is 38.4 Å². The third-order valence-electron chi connectivity index (χ3n) is 8.00. The van der Waals surface area contributed by atoms with Crippen LogP contribution in [0, 0.1) is 0 Å². The maximum absolute atomic E-state index is 13.3. The number of aromatic hydroxyl groups is 2. The molecule has 1 atom stereocenters. The van der Waals surface area contributed by atoms with Crippen LogP contribution in [0.15, 0.2) is 88.1 Å². The van der Waals surface area contributed by atoms with E-state index in [1.807, 2.05) is 18.2 Å². The van der Waals surface area contributed by atoms with Crippen molar-refractivity contribution in [2.24, 2.45) is 0 Å². The maximum atomic E-state index is 13.3. The van der Waals surface area contributed by atoms with E-state index in [0.717, 1.165) is 23.8 Å². The molecule has 9 heteroatoms. The Balaban J connectivity index is 1.38. The number of methoxy groups -OCH3 is 2. The molecule has 45 heavy (non-hydrogen) atoms. The maximum Gasteiger partial charge on any atom is 0.306 e. The number of carbonyl (C=O) groups excluding carboxylic acids is 1. The molecule has 4 aromatic carbocycles. The SMILES string of the molecule is COC(=O)CC(c1ccc(OCCc2ccc3c(c2)CCO3)c(OC)c1)c1c(O)cc(O)c2c(=O)cc(-c3ccccc3)oc12. The van der Waals surface area contributed by atoms with E-state index in [0.29, 0.717) is 42.3 Å². The van der Waals surface area contributed by atoms with Gasteiger partial charge >= 0.3 is 5.97 Å². The van der Waals surface area contributed by atoms with Crippen LogP contribution in [0.1, 0.15) is 34.6 Å². The second-order valence-electron chi connectivity index (χ2n) is 10.8. The van der Waals surface area contributed by atoms with Gasteiger partial charge in [0.2, 0.25) is 0 Å². The van der Waals surface area contributed by atoms with Gasteiger partial charge in [-0.1, -0.05) is 48.5 Å². The zero-order chi connectivity index (χ0) is 31.5. The van der Waals surface area contributed by atoms with Crippen LogP contribution in [0.25, 0.3) is 22.3 Å². The van der Waals surface area contributed by atoms with E-state index >= 15 is 0 Å². The lowest BCUT2D eigenvalue weighted by molar-refractivity contribution is -0.140. The van der Waals surface area contributed by atoms with E-state index in [1.54, 1.807) is 42.5 Å². The molecule has 0 fully saturated rings. The van der Waals surface area contributed by atoms with Crippen LogP contribution in [-0.4, -0.2) is 43.6 Å². The van der Waals surface area contributed by atoms with Gasteiger partial charge in [0, 0.05) is 42.0 Å². The second kappa shape index (κ2) is 12.7. The molecule has 0 aliphatic carbocycles. The Bertz CT molecular complexity index is 1930. The summed E-state index contributed by atoms with van der Waals surface area (Å²) in [7, 11) is 2.79. The highest BCUT2D eigenvalue weighted by atomic mass is 16.5. The molecule has 0 radical (unpaired) electrons. The summed E-state index contributed by atoms with van der Waals surface area (Å²) in [5, 5.41) is 21.8. The van der Waals surface area contributed by atoms with Gasteiger partial charge in [0.05, 0.1) is 33.9 Å². The Kier molecular flexibility index (Phi) is 8.33. The monoisotopic (exact) mass is 608 g/mol. The number of rotatable bonds is 10. The number of phenols is 2. The Morgan fingerprint density at radius 3 is 2.53 bits per heavy atom. The van der Waals surface area contributed by atoms with Gasteiger partial charge in [-0.15, -0.1) is 0 Å². The summed E-state index contributed by atoms with van der Waals surface area (Å²) < 4.78 is 28.6. The van der Waals surface area contributed by atoms with E-state index in [1.165, 1.54) is 25.8 Å². The molecule has 0 saturated carbocycles. The number of hydrogen-bond donors (Lipinski definition) is 2. The van der Waals surface area contributed by atoms with E-state index in [2.05, 4.69) is 6.07 Å². The average molecular weight is 609 g/mol. The quantitative estimate of drug-likeness (QED) is 0.180. The van der Waals surface area contributed by atoms with Crippen molar-refractivity contribution in [3.8, 4) is 40.1 Å². The lowest BCUT2D eigenvalue weighted by atomic mass is 9.86. The molecule has 0 saturated heterocycles. The van der Waals surface area contributed by atoms with Gasteiger partial charge in [0.1, 0.15) is 34.0 Å². The molecule has 1 aliphatic rings. The lowest BCUT2D eigenvalue weighted by Gasteiger charge is -2.21. The molecule has 1 aromatic heterocycles. The van der Waals surface area contributed by atoms with Gasteiger partial charge < -0.3 is 33.6 Å². The van der Waals surface area contributed by atoms with Gasteiger partial charge in [-0.05, 0) is 34.9 Å². The molecule has 2 N–H and O–H groups in total. The molecule has 5 aromatic rings. The molecular formula is C36H32O9. The average Bonchev–Trinajstić information content (AvgIpc) is 3.52. The van der Waals surface area contributed by atoms with Gasteiger partial charge in [0.25, 0.3) is 0 Å². The molecule has 1 unspecified atom stereocenters. The molecule has 1 aliphatic heterocycles. The summed E-state index contributed by atoms with van der Waals surface area (Å²) in [4.78, 5) is 26.0. The molecular weight excluding hydrogens is 576 g/mol. The first kappa shape index (κ1) is 29.6. The van der Waals surface area contributed by atoms with E-state index in [-0.39, 0.29) is 34.5 Å². The van der Waals surface area contributed by atoms with Crippen molar-refractivity contribution in [2.75, 3.05) is 27.4 Å². The minimum Gasteiger partial charge on any atom is -0.507 e. The number of benzene rings is 4. The first-order valence-corrected chi connectivity index (χ1v) is 14.6. The molecule has 9 nitrogen and oxygen atoms in total. The summed E-state index contributed by atoms with van der Waals surface area (Å²) in [5.41, 5.74) is 3.15. The molecule has 0 spiro atoms. The Morgan fingerprint density at radius 1 is 0.933 bits per heavy atom. The summed E-state index contributed by atoms with van der Waals surface area (Å²) in [6.45, 7) is 1.10. The van der Waals surface area contributed by atoms with Gasteiger partial charge in [0.15, 0.2) is 16.9 Å². The van der Waals surface area contributed by atoms with Crippen molar-refractivity contribution in [3.63, 3.8) is 0 Å². The minimum absolute atomic E-state index is 0.0354. The summed E-state index contributed by atoms with van der Waals surface area (Å²) >= 11 is 0. The number of carbonyl (C=O) groups is 1. The lowest BCUT2D eigenvalue weighted by Crippen LogP contribution is -2.13. The Labute approximate surface area is 259 Å². The van der Waals surface area contributed by atoms with Crippen LogP contribution >= 0.6 is 0 Å². The highest BCUT2D eigenvalue weighted by molar-refractivity contribution is 5.90. The Morgan fingerprint density at radius 2 is 1.76 bits per heavy atom. The Hall–Kier alpha value is -5.44. The topological polar surface area (TPSA) is 125 Å². The van der Waals surface area contributed by atoms with E-state index in [4.69, 9.17) is 23.4 Å². The number of esters is 1. The van der Waals surface area contributed by atoms with Crippen LogP contribution in [0.2, 0.25) is 0 Å². The largest absolute Gasteiger partial charge is 0.507 e. The minimum atomic E-state index is -0.841. The number of phenolic OH excluding ortho intramolecular Hbond substituents is 2. The zero-order valence-electron chi connectivity index (χ0n) is 24.9. The normalized spacial score (nSPS) is 12.8. The van der Waals surface area contributed by atoms with E-state index in [9.17, 15) is 19.8 Å². The summed E-state index contributed by atoms with van der Waals surface area (Å²) in [6.07, 6.45) is 1.38. The first-order chi connectivity index (χ1) is 21.9. The van der Waals surface area contributed by atoms with Gasteiger partial charge in [-0.2, -0.15) is 0 Å². The third-order valence-corrected chi connectivity index (χ3v) is 8.00. The predicted molar refractivity (Wildman–Crippen MR) is 168 cm³/mol. The molecule has 0 bridgehead atoms. The summed E-state index contributed by atoms with van der Waals surface area (Å²) in [5.74, 6) is -0.0868. The fraction of sp³-hybridized carbons (Fsp3) is 0.222. The summed E-state index contributed by atoms with van der Waals surface area (Å²) in [6, 6.07) is 22.7. The van der Waals surface area contributed by atoms with E-state index < -0.39 is 23.1 Å². The second-order valence-corrected chi connectivity index (χ2v) is 10.8. The molecule has 230 valence electrons. The number of hydrogen-bond acceptors (Lipinski definition) is 9. The third kappa shape index (κ3) is 6.02. The van der Waals surface area contributed by atoms with Crippen molar-refractivity contribution >= 4 is 16.9 Å². The highest BCUT2D eigenvalue weighted by Gasteiger charge is 2.29. The highest BCUT2D eigenvalue weighted by Crippen LogP contribution is 2.44. The van der Waals surface area contributed by atoms with Crippen molar-refractivity contribution in [2.45, 2.75) is 25.2 Å². The smallest absolute Gasteiger partial charge is 0.306 e. The van der Waals surface area contributed by atoms with Crippen molar-refractivity contribution in [3.05, 3.63) is 111 Å². The zero-order valence-corrected chi connectivity index (χ0v) is 24.9. The van der Waals surface area contributed by atoms with Crippen LogP contribution in [0.3, 0.4) is 0 Å². The van der Waals surface area contributed by atoms with Crippen molar-refractivity contribution in [1.29, 1.82) is 0 Å². The number of fused-ring (bicyclic) bond motifs is 2. The number of ether oxygens (including phenoxy) is 4. The fourth-order valence-corrected chi connectivity index (χ4v) is 5.73. The predicted octanol–water partition coefficient (Wildman–Crippen LogP) is 6.13. The van der Waals surface area contributed by atoms with Gasteiger partial charge in [-0.25, -0.2) is 0 Å². The standard InChI is InChI=1S/C36H32O9/c1-41-32-17-23(9-11-30(32)44-14-12-21-8-10-29-24(16-21)13-15-43-29)25(18-33(40)42-2)34-26(37)19-27(38)35-28(39)20-31(45-36(34)35)22-6-4-3-5-7-22/h3-11,16-17,19-20,25,37-38H,12-15,18H2,1-2H3. The molecule has 0 amide bonds. The van der Waals surface area contributed by atoms with Crippen LogP contribution in [-0.2, 0) is 22.4 Å². The fourth-order valence-electron chi connectivity index (χ4n) is 5.73. The first-order valence-electron chi connectivity index (χ1n) is 14.6. The van der Waals surface area contributed by atoms with Crippen molar-refractivity contribution in [1.82, 2.24) is 0 Å². The van der Waals surface area contributed by atoms with Gasteiger partial charge in [-0.3, -0.25) is 9.59 Å².